The summed E-state index contributed by atoms with van der Waals surface area (Å²) >= 11 is 0.835. The van der Waals surface area contributed by atoms with Gasteiger partial charge in [-0.15, -0.1) is 10.2 Å². The smallest absolute Gasteiger partial charge is 0.282 e. The number of nitrogens with one attached hydrogen (secondary N) is 1. The predicted molar refractivity (Wildman–Crippen MR) is 78.7 cm³/mol. The molecular weight excluding hydrogens is 298 g/mol. The first-order valence-electron chi connectivity index (χ1n) is 6.71. The highest BCUT2D eigenvalue weighted by molar-refractivity contribution is 7.93. The van der Waals surface area contributed by atoms with Crippen molar-refractivity contribution in [1.29, 1.82) is 0 Å². The third-order valence-electron chi connectivity index (χ3n) is 2.55. The van der Waals surface area contributed by atoms with Crippen LogP contribution in [-0.4, -0.2) is 36.8 Å². The van der Waals surface area contributed by atoms with E-state index >= 15 is 0 Å². The molecule has 8 heteroatoms. The maximum Gasteiger partial charge on any atom is 0.282 e. The van der Waals surface area contributed by atoms with Gasteiger partial charge in [0.05, 0.1) is 5.75 Å². The van der Waals surface area contributed by atoms with E-state index in [1.54, 1.807) is 0 Å². The normalized spacial score (nSPS) is 11.8. The zero-order valence-corrected chi connectivity index (χ0v) is 13.7. The molecule has 0 unspecified atom stereocenters. The summed E-state index contributed by atoms with van der Waals surface area (Å²) in [6, 6.07) is 0. The Morgan fingerprint density at radius 2 is 2.00 bits per heavy atom. The van der Waals surface area contributed by atoms with E-state index in [9.17, 15) is 13.2 Å². The number of sulfone groups is 1. The van der Waals surface area contributed by atoms with Gasteiger partial charge in [-0.05, 0) is 12.3 Å². The van der Waals surface area contributed by atoms with Gasteiger partial charge >= 0.3 is 0 Å². The molecule has 1 heterocycles. The van der Waals surface area contributed by atoms with Gasteiger partial charge in [0.1, 0.15) is 0 Å². The molecule has 0 saturated heterocycles. The van der Waals surface area contributed by atoms with Crippen LogP contribution in [0.15, 0.2) is 4.34 Å². The molecule has 0 aliphatic rings. The van der Waals surface area contributed by atoms with Crippen molar-refractivity contribution >= 4 is 27.1 Å². The lowest BCUT2D eigenvalue weighted by atomic mass is 10.2. The first-order valence-corrected chi connectivity index (χ1v) is 9.18. The Morgan fingerprint density at radius 3 is 2.60 bits per heavy atom. The predicted octanol–water partition coefficient (Wildman–Crippen LogP) is 1.89. The van der Waals surface area contributed by atoms with Gasteiger partial charge in [-0.2, -0.15) is 0 Å². The number of hydrogen-bond donors (Lipinski definition) is 1. The van der Waals surface area contributed by atoms with Crippen LogP contribution in [0.2, 0.25) is 0 Å². The van der Waals surface area contributed by atoms with Crippen LogP contribution in [0.1, 0.15) is 49.8 Å². The maximum atomic E-state index is 12.0. The summed E-state index contributed by atoms with van der Waals surface area (Å²) in [6.07, 6.45) is 2.42. The van der Waals surface area contributed by atoms with Crippen LogP contribution in [0.3, 0.4) is 0 Å². The summed E-state index contributed by atoms with van der Waals surface area (Å²) < 4.78 is 23.9. The van der Waals surface area contributed by atoms with E-state index in [0.717, 1.165) is 24.2 Å². The van der Waals surface area contributed by atoms with Crippen molar-refractivity contribution in [3.05, 3.63) is 5.01 Å². The van der Waals surface area contributed by atoms with Gasteiger partial charge in [-0.1, -0.05) is 44.9 Å². The van der Waals surface area contributed by atoms with Gasteiger partial charge in [-0.3, -0.25) is 4.79 Å². The summed E-state index contributed by atoms with van der Waals surface area (Å²) in [5, 5.41) is 10.1. The molecule has 20 heavy (non-hydrogen) atoms. The molecule has 0 aromatic carbocycles. The lowest BCUT2D eigenvalue weighted by molar-refractivity contribution is 0.0948. The highest BCUT2D eigenvalue weighted by Crippen LogP contribution is 2.18. The zero-order valence-electron chi connectivity index (χ0n) is 12.0. The van der Waals surface area contributed by atoms with E-state index in [0.29, 0.717) is 18.9 Å². The molecule has 1 aromatic rings. The molecule has 1 rings (SSSR count). The fraction of sp³-hybridized carbons (Fsp3) is 0.750. The number of rotatable bonds is 8. The van der Waals surface area contributed by atoms with Crippen LogP contribution in [0.5, 0.6) is 0 Å². The molecule has 6 nitrogen and oxygen atoms in total. The van der Waals surface area contributed by atoms with Crippen LogP contribution < -0.4 is 5.32 Å². The van der Waals surface area contributed by atoms with E-state index in [1.165, 1.54) is 0 Å². The van der Waals surface area contributed by atoms with Gasteiger partial charge in [0.25, 0.3) is 5.91 Å². The SMILES string of the molecule is CCCCCS(=O)(=O)c1nnc(C(=O)NCC(C)C)s1. The van der Waals surface area contributed by atoms with Crippen molar-refractivity contribution in [2.75, 3.05) is 12.3 Å². The number of hydrogen-bond acceptors (Lipinski definition) is 6. The Morgan fingerprint density at radius 1 is 1.30 bits per heavy atom. The summed E-state index contributed by atoms with van der Waals surface area (Å²) in [5.41, 5.74) is 0. The zero-order chi connectivity index (χ0) is 15.2. The number of unbranched alkanes of at least 4 members (excludes halogenated alkanes) is 2. The number of nitrogens with zero attached hydrogens (tertiary/aromatic N) is 2. The highest BCUT2D eigenvalue weighted by Gasteiger charge is 2.22. The molecule has 0 fully saturated rings. The Labute approximate surface area is 123 Å². The Bertz CT molecular complexity index is 538. The molecule has 1 N–H and O–H groups in total. The van der Waals surface area contributed by atoms with Crippen LogP contribution in [0.4, 0.5) is 0 Å². The van der Waals surface area contributed by atoms with E-state index in [1.807, 2.05) is 20.8 Å². The lowest BCUT2D eigenvalue weighted by Crippen LogP contribution is -2.27. The third kappa shape index (κ3) is 5.16. The van der Waals surface area contributed by atoms with E-state index in [2.05, 4.69) is 15.5 Å². The van der Waals surface area contributed by atoms with Crippen molar-refractivity contribution in [2.45, 2.75) is 44.4 Å². The topological polar surface area (TPSA) is 89.0 Å². The second kappa shape index (κ2) is 7.68. The molecule has 0 radical (unpaired) electrons. The average Bonchev–Trinajstić information content (AvgIpc) is 2.86. The summed E-state index contributed by atoms with van der Waals surface area (Å²) in [5.74, 6) is 0.0126. The van der Waals surface area contributed by atoms with Crippen molar-refractivity contribution in [2.24, 2.45) is 5.92 Å². The number of carbonyl (C=O) groups is 1. The van der Waals surface area contributed by atoms with Crippen LogP contribution in [0, 0.1) is 5.92 Å². The molecule has 0 atom stereocenters. The minimum Gasteiger partial charge on any atom is -0.350 e. The van der Waals surface area contributed by atoms with Gasteiger partial charge in [-0.25, -0.2) is 8.42 Å². The monoisotopic (exact) mass is 319 g/mol. The van der Waals surface area contributed by atoms with Gasteiger partial charge in [0.15, 0.2) is 0 Å². The highest BCUT2D eigenvalue weighted by atomic mass is 32.2. The van der Waals surface area contributed by atoms with E-state index in [-0.39, 0.29) is 21.0 Å². The van der Waals surface area contributed by atoms with Gasteiger partial charge in [0, 0.05) is 6.54 Å². The first kappa shape index (κ1) is 17.0. The summed E-state index contributed by atoms with van der Waals surface area (Å²) in [6.45, 7) is 6.49. The van der Waals surface area contributed by atoms with Crippen LogP contribution in [-0.2, 0) is 9.84 Å². The lowest BCUT2D eigenvalue weighted by Gasteiger charge is -2.04. The maximum absolute atomic E-state index is 12.0. The standard InChI is InChI=1S/C12H21N3O3S2/c1-4-5-6-7-20(17,18)12-15-14-11(19-12)10(16)13-8-9(2)3/h9H,4-8H2,1-3H3,(H,13,16). The third-order valence-corrected chi connectivity index (χ3v) is 5.72. The van der Waals surface area contributed by atoms with Crippen molar-refractivity contribution in [1.82, 2.24) is 15.5 Å². The Balaban J connectivity index is 2.68. The van der Waals surface area contributed by atoms with E-state index in [4.69, 9.17) is 0 Å². The number of carbonyl (C=O) groups excluding carboxylic acids is 1. The Kier molecular flexibility index (Phi) is 6.54. The molecule has 1 aromatic heterocycles. The van der Waals surface area contributed by atoms with Crippen molar-refractivity contribution in [3.63, 3.8) is 0 Å². The second-order valence-corrected chi connectivity index (χ2v) is 8.26. The van der Waals surface area contributed by atoms with Crippen molar-refractivity contribution in [3.8, 4) is 0 Å². The summed E-state index contributed by atoms with van der Waals surface area (Å²) in [4.78, 5) is 11.8. The summed E-state index contributed by atoms with van der Waals surface area (Å²) in [7, 11) is -3.41. The Hall–Kier alpha value is -1.02. The molecule has 0 aliphatic heterocycles. The molecule has 0 bridgehead atoms. The van der Waals surface area contributed by atoms with Crippen LogP contribution >= 0.6 is 11.3 Å². The largest absolute Gasteiger partial charge is 0.350 e. The molecular formula is C12H21N3O3S2. The number of amides is 1. The second-order valence-electron chi connectivity index (χ2n) is 5.00. The van der Waals surface area contributed by atoms with Gasteiger partial charge < -0.3 is 5.32 Å². The van der Waals surface area contributed by atoms with Crippen molar-refractivity contribution < 1.29 is 13.2 Å². The molecule has 0 aliphatic carbocycles. The molecule has 0 spiro atoms. The van der Waals surface area contributed by atoms with E-state index < -0.39 is 9.84 Å². The minimum absolute atomic E-state index is 0.0586. The average molecular weight is 319 g/mol. The minimum atomic E-state index is -3.41. The molecule has 0 saturated carbocycles. The molecule has 1 amide bonds. The quantitative estimate of drug-likeness (QED) is 0.739. The number of aromatic nitrogens is 2. The molecule has 114 valence electrons. The fourth-order valence-electron chi connectivity index (χ4n) is 1.43. The van der Waals surface area contributed by atoms with Crippen LogP contribution in [0.25, 0.3) is 0 Å². The van der Waals surface area contributed by atoms with Gasteiger partial charge in [0.2, 0.25) is 19.2 Å². The fourth-order valence-corrected chi connectivity index (χ4v) is 3.84. The first-order chi connectivity index (χ1) is 9.36.